The molecule has 0 spiro atoms. The third-order valence-electron chi connectivity index (χ3n) is 2.18. The fraction of sp³-hybridized carbons (Fsp3) is 0.889. The van der Waals surface area contributed by atoms with Gasteiger partial charge in [0.25, 0.3) is 0 Å². The Balaban J connectivity index is 2.00. The van der Waals surface area contributed by atoms with Crippen LogP contribution in [0.15, 0.2) is 0 Å². The number of esters is 1. The van der Waals surface area contributed by atoms with E-state index < -0.39 is 0 Å². The lowest BCUT2D eigenvalue weighted by molar-refractivity contribution is -0.144. The fourth-order valence-corrected chi connectivity index (χ4v) is 1.11. The van der Waals surface area contributed by atoms with Crippen molar-refractivity contribution in [2.45, 2.75) is 19.8 Å². The van der Waals surface area contributed by atoms with Gasteiger partial charge in [-0.3, -0.25) is 4.79 Å². The molecule has 0 aliphatic heterocycles. The zero-order chi connectivity index (χ0) is 8.97. The fourth-order valence-electron chi connectivity index (χ4n) is 1.11. The molecule has 1 N–H and O–H groups in total. The minimum atomic E-state index is -0.127. The first-order valence-corrected chi connectivity index (χ1v) is 4.52. The topological polar surface area (TPSA) is 38.3 Å². The molecule has 12 heavy (non-hydrogen) atoms. The van der Waals surface area contributed by atoms with Gasteiger partial charge in [-0.25, -0.2) is 0 Å². The third kappa shape index (κ3) is 3.22. The molecule has 0 heterocycles. The zero-order valence-corrected chi connectivity index (χ0v) is 7.80. The molecule has 1 aliphatic carbocycles. The highest BCUT2D eigenvalue weighted by Crippen LogP contribution is 2.27. The first-order valence-electron chi connectivity index (χ1n) is 4.52. The number of nitrogens with one attached hydrogen (secondary N) is 1. The molecular formula is C9H17NO2. The van der Waals surface area contributed by atoms with Crippen LogP contribution in [0.25, 0.3) is 0 Å². The van der Waals surface area contributed by atoms with Crippen molar-refractivity contribution in [2.75, 3.05) is 20.2 Å². The number of methoxy groups -OCH3 is 1. The van der Waals surface area contributed by atoms with E-state index in [9.17, 15) is 4.79 Å². The Morgan fingerprint density at radius 2 is 2.33 bits per heavy atom. The van der Waals surface area contributed by atoms with E-state index in [-0.39, 0.29) is 11.9 Å². The molecule has 1 fully saturated rings. The van der Waals surface area contributed by atoms with Gasteiger partial charge in [-0.05, 0) is 25.3 Å². The first kappa shape index (κ1) is 9.52. The van der Waals surface area contributed by atoms with Gasteiger partial charge in [0, 0.05) is 6.54 Å². The summed E-state index contributed by atoms with van der Waals surface area (Å²) < 4.78 is 4.61. The molecule has 0 radical (unpaired) electrons. The normalized spacial score (nSPS) is 18.8. The Labute approximate surface area is 73.5 Å². The molecule has 0 saturated heterocycles. The smallest absolute Gasteiger partial charge is 0.309 e. The third-order valence-corrected chi connectivity index (χ3v) is 2.18. The molecule has 0 amide bonds. The number of ether oxygens (including phenoxy) is 1. The molecule has 1 saturated carbocycles. The van der Waals surface area contributed by atoms with Crippen molar-refractivity contribution < 1.29 is 9.53 Å². The Morgan fingerprint density at radius 3 is 2.83 bits per heavy atom. The van der Waals surface area contributed by atoms with Crippen LogP contribution in [0.3, 0.4) is 0 Å². The maximum absolute atomic E-state index is 10.9. The minimum absolute atomic E-state index is 0.0197. The highest BCUT2D eigenvalue weighted by atomic mass is 16.5. The standard InChI is InChI=1S/C9H17NO2/c1-7(9(11)12-2)5-10-6-8-3-4-8/h7-8,10H,3-6H2,1-2H3. The Bertz CT molecular complexity index is 155. The first-order chi connectivity index (χ1) is 5.74. The Morgan fingerprint density at radius 1 is 1.67 bits per heavy atom. The summed E-state index contributed by atoms with van der Waals surface area (Å²) in [6, 6.07) is 0. The van der Waals surface area contributed by atoms with Crippen molar-refractivity contribution in [1.29, 1.82) is 0 Å². The molecule has 3 heteroatoms. The molecule has 1 unspecified atom stereocenters. The highest BCUT2D eigenvalue weighted by molar-refractivity contribution is 5.71. The second-order valence-electron chi connectivity index (χ2n) is 3.53. The zero-order valence-electron chi connectivity index (χ0n) is 7.80. The second kappa shape index (κ2) is 4.45. The summed E-state index contributed by atoms with van der Waals surface area (Å²) in [5, 5.41) is 3.26. The maximum atomic E-state index is 10.9. The summed E-state index contributed by atoms with van der Waals surface area (Å²) in [6.07, 6.45) is 2.69. The number of carbonyl (C=O) groups excluding carboxylic acids is 1. The summed E-state index contributed by atoms with van der Waals surface area (Å²) in [6.45, 7) is 3.68. The van der Waals surface area contributed by atoms with Gasteiger partial charge in [-0.1, -0.05) is 6.92 Å². The molecule has 0 aromatic carbocycles. The maximum Gasteiger partial charge on any atom is 0.309 e. The van der Waals surface area contributed by atoms with Crippen molar-refractivity contribution >= 4 is 5.97 Å². The predicted octanol–water partition coefficient (Wildman–Crippen LogP) is 0.795. The lowest BCUT2D eigenvalue weighted by Gasteiger charge is -2.09. The van der Waals surface area contributed by atoms with Crippen LogP contribution < -0.4 is 5.32 Å². The van der Waals surface area contributed by atoms with E-state index in [4.69, 9.17) is 0 Å². The number of hydrogen-bond acceptors (Lipinski definition) is 3. The quantitative estimate of drug-likeness (QED) is 0.622. The van der Waals surface area contributed by atoms with Crippen LogP contribution >= 0.6 is 0 Å². The van der Waals surface area contributed by atoms with Gasteiger partial charge in [-0.2, -0.15) is 0 Å². The van der Waals surface area contributed by atoms with Crippen LogP contribution in [0.4, 0.5) is 0 Å². The lowest BCUT2D eigenvalue weighted by atomic mass is 10.2. The van der Waals surface area contributed by atoms with Crippen LogP contribution in [0, 0.1) is 11.8 Å². The molecule has 3 nitrogen and oxygen atoms in total. The molecule has 0 aromatic heterocycles. The molecule has 1 aliphatic rings. The molecule has 0 bridgehead atoms. The van der Waals surface area contributed by atoms with Crippen molar-refractivity contribution in [1.82, 2.24) is 5.32 Å². The van der Waals surface area contributed by atoms with Gasteiger partial charge in [0.05, 0.1) is 13.0 Å². The van der Waals surface area contributed by atoms with E-state index in [1.807, 2.05) is 6.92 Å². The van der Waals surface area contributed by atoms with Gasteiger partial charge < -0.3 is 10.1 Å². The summed E-state index contributed by atoms with van der Waals surface area (Å²) in [7, 11) is 1.43. The van der Waals surface area contributed by atoms with E-state index >= 15 is 0 Å². The van der Waals surface area contributed by atoms with E-state index in [1.54, 1.807) is 0 Å². The largest absolute Gasteiger partial charge is 0.469 e. The summed E-state index contributed by atoms with van der Waals surface area (Å²) in [5.74, 6) is 0.724. The van der Waals surface area contributed by atoms with Crippen molar-refractivity contribution in [3.63, 3.8) is 0 Å². The highest BCUT2D eigenvalue weighted by Gasteiger charge is 2.21. The van der Waals surface area contributed by atoms with Crippen molar-refractivity contribution in [2.24, 2.45) is 11.8 Å². The van der Waals surface area contributed by atoms with E-state index in [1.165, 1.54) is 20.0 Å². The average Bonchev–Trinajstić information content (AvgIpc) is 2.86. The summed E-state index contributed by atoms with van der Waals surface area (Å²) >= 11 is 0. The van der Waals surface area contributed by atoms with Crippen LogP contribution in [0.2, 0.25) is 0 Å². The van der Waals surface area contributed by atoms with Crippen LogP contribution in [0.5, 0.6) is 0 Å². The molecule has 1 atom stereocenters. The van der Waals surface area contributed by atoms with Gasteiger partial charge in [0.1, 0.15) is 0 Å². The Kier molecular flexibility index (Phi) is 3.53. The number of carbonyl (C=O) groups is 1. The van der Waals surface area contributed by atoms with Crippen molar-refractivity contribution in [3.8, 4) is 0 Å². The predicted molar refractivity (Wildman–Crippen MR) is 46.8 cm³/mol. The van der Waals surface area contributed by atoms with Gasteiger partial charge >= 0.3 is 5.97 Å². The summed E-state index contributed by atoms with van der Waals surface area (Å²) in [5.41, 5.74) is 0. The monoisotopic (exact) mass is 171 g/mol. The molecule has 70 valence electrons. The second-order valence-corrected chi connectivity index (χ2v) is 3.53. The van der Waals surface area contributed by atoms with Crippen LogP contribution in [-0.2, 0) is 9.53 Å². The summed E-state index contributed by atoms with van der Waals surface area (Å²) in [4.78, 5) is 10.9. The van der Waals surface area contributed by atoms with Gasteiger partial charge in [0.15, 0.2) is 0 Å². The molecule has 1 rings (SSSR count). The molecular weight excluding hydrogens is 154 g/mol. The molecule has 0 aromatic rings. The van der Waals surface area contributed by atoms with Crippen LogP contribution in [-0.4, -0.2) is 26.2 Å². The number of rotatable bonds is 5. The van der Waals surface area contributed by atoms with Gasteiger partial charge in [0.2, 0.25) is 0 Å². The number of hydrogen-bond donors (Lipinski definition) is 1. The minimum Gasteiger partial charge on any atom is -0.469 e. The lowest BCUT2D eigenvalue weighted by Crippen LogP contribution is -2.28. The average molecular weight is 171 g/mol. The van der Waals surface area contributed by atoms with E-state index in [2.05, 4.69) is 10.1 Å². The van der Waals surface area contributed by atoms with Crippen molar-refractivity contribution in [3.05, 3.63) is 0 Å². The van der Waals surface area contributed by atoms with Crippen LogP contribution in [0.1, 0.15) is 19.8 Å². The Hall–Kier alpha value is -0.570. The van der Waals surface area contributed by atoms with Gasteiger partial charge in [-0.15, -0.1) is 0 Å². The SMILES string of the molecule is COC(=O)C(C)CNCC1CC1. The van der Waals surface area contributed by atoms with E-state index in [0.717, 1.165) is 19.0 Å². The van der Waals surface area contributed by atoms with E-state index in [0.29, 0.717) is 0 Å².